The zero-order valence-corrected chi connectivity index (χ0v) is 14.5. The molecule has 0 aliphatic carbocycles. The fourth-order valence-corrected chi connectivity index (χ4v) is 2.71. The van der Waals surface area contributed by atoms with E-state index in [4.69, 9.17) is 34.8 Å². The van der Waals surface area contributed by atoms with Crippen molar-refractivity contribution in [2.24, 2.45) is 0 Å². The first-order valence-electron chi connectivity index (χ1n) is 6.91. The predicted molar refractivity (Wildman–Crippen MR) is 95.0 cm³/mol. The van der Waals surface area contributed by atoms with E-state index < -0.39 is 0 Å². The number of pyridine rings is 1. The van der Waals surface area contributed by atoms with Gasteiger partial charge >= 0.3 is 0 Å². The van der Waals surface area contributed by atoms with E-state index in [1.807, 2.05) is 6.07 Å². The summed E-state index contributed by atoms with van der Waals surface area (Å²) in [5, 5.41) is 8.49. The van der Waals surface area contributed by atoms with Crippen LogP contribution in [0.15, 0.2) is 48.8 Å². The molecule has 1 aromatic carbocycles. The third-order valence-electron chi connectivity index (χ3n) is 3.25. The van der Waals surface area contributed by atoms with E-state index in [9.17, 15) is 4.79 Å². The van der Waals surface area contributed by atoms with Gasteiger partial charge in [-0.25, -0.2) is 4.68 Å². The van der Waals surface area contributed by atoms with Crippen LogP contribution < -0.4 is 5.32 Å². The Morgan fingerprint density at radius 1 is 1.04 bits per heavy atom. The predicted octanol–water partition coefficient (Wildman–Crippen LogP) is 4.54. The van der Waals surface area contributed by atoms with Gasteiger partial charge in [-0.15, -0.1) is 0 Å². The number of aromatic nitrogens is 3. The lowest BCUT2D eigenvalue weighted by Crippen LogP contribution is -2.17. The van der Waals surface area contributed by atoms with Gasteiger partial charge in [-0.05, 0) is 29.8 Å². The number of hydrogen-bond acceptors (Lipinski definition) is 3. The van der Waals surface area contributed by atoms with Crippen LogP contribution in [0.4, 0.5) is 5.82 Å². The number of carbonyl (C=O) groups excluding carboxylic acids is 1. The largest absolute Gasteiger partial charge is 0.305 e. The summed E-state index contributed by atoms with van der Waals surface area (Å²) in [5.74, 6) is 0.147. The second kappa shape index (κ2) is 7.21. The molecule has 8 heteroatoms. The van der Waals surface area contributed by atoms with E-state index in [2.05, 4.69) is 15.4 Å². The second-order valence-electron chi connectivity index (χ2n) is 4.92. The van der Waals surface area contributed by atoms with Crippen LogP contribution in [0.5, 0.6) is 0 Å². The van der Waals surface area contributed by atoms with Gasteiger partial charge in [0.25, 0.3) is 5.91 Å². The summed E-state index contributed by atoms with van der Waals surface area (Å²) in [5.41, 5.74) is 1.06. The lowest BCUT2D eigenvalue weighted by atomic mass is 10.2. The molecule has 0 aliphatic rings. The Morgan fingerprint density at radius 3 is 2.58 bits per heavy atom. The average Bonchev–Trinajstić information content (AvgIpc) is 2.97. The van der Waals surface area contributed by atoms with Crippen molar-refractivity contribution in [3.63, 3.8) is 0 Å². The standard InChI is InChI=1S/C16H11Cl3N4O/c17-11-2-1-10(13(19)7-11)9-23-15(4-6-21-23)22-16(24)14-8-12(18)3-5-20-14/h1-8H,9H2,(H,22,24). The van der Waals surface area contributed by atoms with Crippen LogP contribution in [0.1, 0.15) is 16.1 Å². The number of nitrogens with zero attached hydrogens (tertiary/aromatic N) is 3. The lowest BCUT2D eigenvalue weighted by Gasteiger charge is -2.10. The molecular formula is C16H11Cl3N4O. The highest BCUT2D eigenvalue weighted by molar-refractivity contribution is 6.35. The monoisotopic (exact) mass is 380 g/mol. The van der Waals surface area contributed by atoms with Crippen LogP contribution in [0.25, 0.3) is 0 Å². The number of halogens is 3. The van der Waals surface area contributed by atoms with Crippen LogP contribution in [0, 0.1) is 0 Å². The minimum atomic E-state index is -0.374. The summed E-state index contributed by atoms with van der Waals surface area (Å²) in [6.07, 6.45) is 3.06. The van der Waals surface area contributed by atoms with Gasteiger partial charge in [0.15, 0.2) is 0 Å². The lowest BCUT2D eigenvalue weighted by molar-refractivity contribution is 0.102. The van der Waals surface area contributed by atoms with Crippen molar-refractivity contribution >= 4 is 46.5 Å². The summed E-state index contributed by atoms with van der Waals surface area (Å²) >= 11 is 18.0. The molecule has 2 aromatic heterocycles. The third kappa shape index (κ3) is 3.87. The van der Waals surface area contributed by atoms with Crippen molar-refractivity contribution in [2.45, 2.75) is 6.54 Å². The number of hydrogen-bond donors (Lipinski definition) is 1. The molecule has 0 saturated carbocycles. The Hall–Kier alpha value is -2.08. The Morgan fingerprint density at radius 2 is 1.83 bits per heavy atom. The van der Waals surface area contributed by atoms with Gasteiger partial charge in [0, 0.05) is 27.3 Å². The molecule has 24 heavy (non-hydrogen) atoms. The van der Waals surface area contributed by atoms with E-state index in [0.717, 1.165) is 5.56 Å². The molecule has 0 fully saturated rings. The summed E-state index contributed by atoms with van der Waals surface area (Å²) in [6, 6.07) is 10.0. The molecule has 0 atom stereocenters. The molecule has 0 aliphatic heterocycles. The van der Waals surface area contributed by atoms with Gasteiger partial charge in [-0.2, -0.15) is 5.10 Å². The van der Waals surface area contributed by atoms with E-state index in [0.29, 0.717) is 27.4 Å². The van der Waals surface area contributed by atoms with Gasteiger partial charge in [0.05, 0.1) is 12.7 Å². The van der Waals surface area contributed by atoms with Crippen molar-refractivity contribution < 1.29 is 4.79 Å². The quantitative estimate of drug-likeness (QED) is 0.722. The van der Waals surface area contributed by atoms with Gasteiger partial charge in [0.2, 0.25) is 0 Å². The fourth-order valence-electron chi connectivity index (χ4n) is 2.09. The molecular weight excluding hydrogens is 371 g/mol. The number of rotatable bonds is 4. The minimum absolute atomic E-state index is 0.222. The highest BCUT2D eigenvalue weighted by Gasteiger charge is 2.12. The first-order chi connectivity index (χ1) is 11.5. The molecule has 3 aromatic rings. The maximum absolute atomic E-state index is 12.3. The molecule has 2 heterocycles. The molecule has 0 spiro atoms. The summed E-state index contributed by atoms with van der Waals surface area (Å²) in [4.78, 5) is 16.3. The summed E-state index contributed by atoms with van der Waals surface area (Å²) < 4.78 is 1.62. The van der Waals surface area contributed by atoms with Crippen molar-refractivity contribution in [1.29, 1.82) is 0 Å². The van der Waals surface area contributed by atoms with Crippen molar-refractivity contribution in [3.05, 3.63) is 75.1 Å². The molecule has 1 amide bonds. The molecule has 1 N–H and O–H groups in total. The zero-order valence-electron chi connectivity index (χ0n) is 12.2. The topological polar surface area (TPSA) is 59.8 Å². The molecule has 3 rings (SSSR count). The maximum Gasteiger partial charge on any atom is 0.275 e. The van der Waals surface area contributed by atoms with Gasteiger partial charge in [-0.3, -0.25) is 9.78 Å². The van der Waals surface area contributed by atoms with Crippen LogP contribution in [-0.4, -0.2) is 20.7 Å². The Kier molecular flexibility index (Phi) is 5.04. The van der Waals surface area contributed by atoms with E-state index in [1.54, 1.807) is 35.1 Å². The van der Waals surface area contributed by atoms with Crippen LogP contribution >= 0.6 is 34.8 Å². The molecule has 0 bridgehead atoms. The van der Waals surface area contributed by atoms with Gasteiger partial charge < -0.3 is 5.32 Å². The molecule has 0 unspecified atom stereocenters. The SMILES string of the molecule is O=C(Nc1ccnn1Cc1ccc(Cl)cc1Cl)c1cc(Cl)ccn1. The maximum atomic E-state index is 12.3. The number of nitrogens with one attached hydrogen (secondary N) is 1. The molecule has 0 saturated heterocycles. The average molecular weight is 382 g/mol. The van der Waals surface area contributed by atoms with Crippen molar-refractivity contribution in [2.75, 3.05) is 5.32 Å². The fraction of sp³-hybridized carbons (Fsp3) is 0.0625. The van der Waals surface area contributed by atoms with Crippen LogP contribution in [0.3, 0.4) is 0 Å². The summed E-state index contributed by atoms with van der Waals surface area (Å²) in [6.45, 7) is 0.390. The summed E-state index contributed by atoms with van der Waals surface area (Å²) in [7, 11) is 0. The van der Waals surface area contributed by atoms with Gasteiger partial charge in [-0.1, -0.05) is 40.9 Å². The third-order valence-corrected chi connectivity index (χ3v) is 4.07. The molecule has 122 valence electrons. The van der Waals surface area contributed by atoms with E-state index in [-0.39, 0.29) is 11.6 Å². The minimum Gasteiger partial charge on any atom is -0.305 e. The van der Waals surface area contributed by atoms with Crippen molar-refractivity contribution in [3.8, 4) is 0 Å². The second-order valence-corrected chi connectivity index (χ2v) is 6.20. The Labute approximate surface area is 153 Å². The smallest absolute Gasteiger partial charge is 0.275 e. The zero-order chi connectivity index (χ0) is 17.1. The highest BCUT2D eigenvalue weighted by atomic mass is 35.5. The Bertz CT molecular complexity index is 895. The number of benzene rings is 1. The first-order valence-corrected chi connectivity index (χ1v) is 8.05. The van der Waals surface area contributed by atoms with E-state index >= 15 is 0 Å². The number of carbonyl (C=O) groups is 1. The number of amides is 1. The highest BCUT2D eigenvalue weighted by Crippen LogP contribution is 2.23. The number of anilines is 1. The van der Waals surface area contributed by atoms with Crippen LogP contribution in [0.2, 0.25) is 15.1 Å². The van der Waals surface area contributed by atoms with Crippen molar-refractivity contribution in [1.82, 2.24) is 14.8 Å². The van der Waals surface area contributed by atoms with E-state index in [1.165, 1.54) is 12.3 Å². The normalized spacial score (nSPS) is 10.6. The molecule has 5 nitrogen and oxygen atoms in total. The molecule has 0 radical (unpaired) electrons. The van der Waals surface area contributed by atoms with Crippen LogP contribution in [-0.2, 0) is 6.54 Å². The van der Waals surface area contributed by atoms with Gasteiger partial charge in [0.1, 0.15) is 11.5 Å². The first kappa shape index (κ1) is 16.8. The Balaban J connectivity index is 1.79.